The lowest BCUT2D eigenvalue weighted by Gasteiger charge is -2.23. The summed E-state index contributed by atoms with van der Waals surface area (Å²) in [5.41, 5.74) is 0.877. The van der Waals surface area contributed by atoms with Crippen molar-refractivity contribution in [3.63, 3.8) is 0 Å². The van der Waals surface area contributed by atoms with Crippen molar-refractivity contribution in [2.75, 3.05) is 13.2 Å². The van der Waals surface area contributed by atoms with Gasteiger partial charge in [0.2, 0.25) is 5.91 Å². The molecular formula is C15H20N2O2. The Kier molecular flexibility index (Phi) is 2.97. The molecule has 1 aromatic carbocycles. The van der Waals surface area contributed by atoms with Crippen LogP contribution in [0.3, 0.4) is 0 Å². The summed E-state index contributed by atoms with van der Waals surface area (Å²) in [6.45, 7) is 5.42. The Balaban J connectivity index is 1.83. The van der Waals surface area contributed by atoms with E-state index in [4.69, 9.17) is 4.74 Å². The molecule has 0 aromatic heterocycles. The molecule has 0 radical (unpaired) electrons. The maximum absolute atomic E-state index is 12.3. The zero-order valence-corrected chi connectivity index (χ0v) is 11.5. The van der Waals surface area contributed by atoms with Crippen LogP contribution in [0.2, 0.25) is 0 Å². The fraction of sp³-hybridized carbons (Fsp3) is 0.533. The molecule has 4 heteroatoms. The molecule has 2 fully saturated rings. The second-order valence-electron chi connectivity index (χ2n) is 5.22. The van der Waals surface area contributed by atoms with Crippen molar-refractivity contribution in [2.45, 2.75) is 38.4 Å². The molecule has 0 bridgehead atoms. The molecule has 1 N–H and O–H groups in total. The van der Waals surface area contributed by atoms with E-state index in [-0.39, 0.29) is 17.6 Å². The van der Waals surface area contributed by atoms with E-state index in [9.17, 15) is 4.79 Å². The van der Waals surface area contributed by atoms with Crippen LogP contribution in [-0.4, -0.2) is 29.5 Å². The van der Waals surface area contributed by atoms with Gasteiger partial charge in [-0.3, -0.25) is 10.1 Å². The molecular weight excluding hydrogens is 240 g/mol. The lowest BCUT2D eigenvalue weighted by molar-refractivity contribution is -0.130. The lowest BCUT2D eigenvalue weighted by Crippen LogP contribution is -2.32. The van der Waals surface area contributed by atoms with Crippen LogP contribution in [0.5, 0.6) is 5.75 Å². The molecule has 1 aliphatic heterocycles. The Hall–Kier alpha value is -1.55. The quantitative estimate of drug-likeness (QED) is 0.901. The summed E-state index contributed by atoms with van der Waals surface area (Å²) in [5, 5.41) is 3.50. The van der Waals surface area contributed by atoms with E-state index in [1.807, 2.05) is 43.0 Å². The minimum absolute atomic E-state index is 0.00989. The van der Waals surface area contributed by atoms with Crippen molar-refractivity contribution in [2.24, 2.45) is 0 Å². The zero-order chi connectivity index (χ0) is 13.5. The molecule has 1 atom stereocenters. The average Bonchev–Trinajstić information content (AvgIpc) is 3.14. The normalized spacial score (nSPS) is 24.0. The van der Waals surface area contributed by atoms with Gasteiger partial charge in [0.1, 0.15) is 17.5 Å². The number of rotatable bonds is 4. The molecule has 4 nitrogen and oxygen atoms in total. The summed E-state index contributed by atoms with van der Waals surface area (Å²) in [6, 6.07) is 8.02. The van der Waals surface area contributed by atoms with Crippen LogP contribution in [-0.2, 0) is 4.79 Å². The fourth-order valence-electron chi connectivity index (χ4n) is 2.78. The molecule has 1 heterocycles. The minimum atomic E-state index is -0.251. The molecule has 1 unspecified atom stereocenters. The average molecular weight is 260 g/mol. The summed E-state index contributed by atoms with van der Waals surface area (Å²) in [6.07, 6.45) is 1.95. The fourth-order valence-corrected chi connectivity index (χ4v) is 2.78. The van der Waals surface area contributed by atoms with Gasteiger partial charge in [0, 0.05) is 6.54 Å². The lowest BCUT2D eigenvalue weighted by atomic mass is 10.1. The van der Waals surface area contributed by atoms with E-state index in [0.29, 0.717) is 6.61 Å². The van der Waals surface area contributed by atoms with Gasteiger partial charge in [0.15, 0.2) is 0 Å². The Labute approximate surface area is 113 Å². The highest BCUT2D eigenvalue weighted by molar-refractivity contribution is 5.92. The highest BCUT2D eigenvalue weighted by Crippen LogP contribution is 2.45. The molecule has 1 saturated heterocycles. The first-order chi connectivity index (χ1) is 9.20. The number of ether oxygens (including phenoxy) is 1. The predicted molar refractivity (Wildman–Crippen MR) is 72.8 cm³/mol. The van der Waals surface area contributed by atoms with Crippen molar-refractivity contribution in [1.82, 2.24) is 10.2 Å². The highest BCUT2D eigenvalue weighted by atomic mass is 16.5. The Bertz CT molecular complexity index is 479. The van der Waals surface area contributed by atoms with Gasteiger partial charge in [-0.25, -0.2) is 0 Å². The Morgan fingerprint density at radius 3 is 2.53 bits per heavy atom. The van der Waals surface area contributed by atoms with Gasteiger partial charge in [-0.15, -0.1) is 0 Å². The first kappa shape index (κ1) is 12.5. The number of hydrogen-bond acceptors (Lipinski definition) is 3. The maximum Gasteiger partial charge on any atom is 0.244 e. The summed E-state index contributed by atoms with van der Waals surface area (Å²) in [4.78, 5) is 14.2. The number of likely N-dealkylation sites (N-methyl/N-ethyl adjacent to an activating group) is 1. The largest absolute Gasteiger partial charge is 0.494 e. The summed E-state index contributed by atoms with van der Waals surface area (Å²) < 4.78 is 5.45. The van der Waals surface area contributed by atoms with Crippen LogP contribution in [0, 0.1) is 0 Å². The van der Waals surface area contributed by atoms with Gasteiger partial charge in [-0.2, -0.15) is 0 Å². The predicted octanol–water partition coefficient (Wildman–Crippen LogP) is 2.07. The molecule has 1 spiro atoms. The Morgan fingerprint density at radius 2 is 2.00 bits per heavy atom. The van der Waals surface area contributed by atoms with E-state index in [1.165, 1.54) is 0 Å². The second-order valence-corrected chi connectivity index (χ2v) is 5.22. The third-order valence-electron chi connectivity index (χ3n) is 3.99. The number of nitrogens with one attached hydrogen (secondary N) is 1. The SMILES string of the molecule is CCOc1ccc(C2NC3(CC3)C(=O)N2CC)cc1. The molecule has 19 heavy (non-hydrogen) atoms. The summed E-state index contributed by atoms with van der Waals surface area (Å²) in [7, 11) is 0. The third-order valence-corrected chi connectivity index (χ3v) is 3.99. The first-order valence-electron chi connectivity index (χ1n) is 7.01. The molecule has 1 saturated carbocycles. The van der Waals surface area contributed by atoms with Gasteiger partial charge in [0.05, 0.1) is 6.61 Å². The van der Waals surface area contributed by atoms with Crippen molar-refractivity contribution in [1.29, 1.82) is 0 Å². The molecule has 1 aliphatic carbocycles. The van der Waals surface area contributed by atoms with Gasteiger partial charge >= 0.3 is 0 Å². The van der Waals surface area contributed by atoms with E-state index in [1.54, 1.807) is 0 Å². The third kappa shape index (κ3) is 2.00. The molecule has 1 aromatic rings. The van der Waals surface area contributed by atoms with Crippen LogP contribution < -0.4 is 10.1 Å². The molecule has 1 amide bonds. The van der Waals surface area contributed by atoms with Crippen LogP contribution in [0.15, 0.2) is 24.3 Å². The van der Waals surface area contributed by atoms with Crippen molar-refractivity contribution in [3.8, 4) is 5.75 Å². The van der Waals surface area contributed by atoms with E-state index >= 15 is 0 Å². The monoisotopic (exact) mass is 260 g/mol. The van der Waals surface area contributed by atoms with Gasteiger partial charge in [-0.05, 0) is 44.4 Å². The van der Waals surface area contributed by atoms with E-state index < -0.39 is 0 Å². The Morgan fingerprint density at radius 1 is 1.32 bits per heavy atom. The number of carbonyl (C=O) groups excluding carboxylic acids is 1. The topological polar surface area (TPSA) is 41.6 Å². The first-order valence-corrected chi connectivity index (χ1v) is 7.01. The van der Waals surface area contributed by atoms with Crippen LogP contribution in [0.1, 0.15) is 38.4 Å². The van der Waals surface area contributed by atoms with Crippen molar-refractivity contribution in [3.05, 3.63) is 29.8 Å². The van der Waals surface area contributed by atoms with Gasteiger partial charge in [0.25, 0.3) is 0 Å². The highest BCUT2D eigenvalue weighted by Gasteiger charge is 2.58. The standard InChI is InChI=1S/C15H20N2O2/c1-3-17-13(16-15(9-10-15)14(17)18)11-5-7-12(8-6-11)19-4-2/h5-8,13,16H,3-4,9-10H2,1-2H3. The van der Waals surface area contributed by atoms with Crippen LogP contribution in [0.4, 0.5) is 0 Å². The second kappa shape index (κ2) is 4.53. The summed E-state index contributed by atoms with van der Waals surface area (Å²) in [5.74, 6) is 1.13. The van der Waals surface area contributed by atoms with Crippen molar-refractivity contribution >= 4 is 5.91 Å². The molecule has 3 rings (SSSR count). The summed E-state index contributed by atoms with van der Waals surface area (Å²) >= 11 is 0. The van der Waals surface area contributed by atoms with Gasteiger partial charge < -0.3 is 9.64 Å². The molecule has 2 aliphatic rings. The smallest absolute Gasteiger partial charge is 0.244 e. The van der Waals surface area contributed by atoms with Gasteiger partial charge in [-0.1, -0.05) is 12.1 Å². The maximum atomic E-state index is 12.3. The number of nitrogens with zero attached hydrogens (tertiary/aromatic N) is 1. The van der Waals surface area contributed by atoms with E-state index in [0.717, 1.165) is 30.7 Å². The number of hydrogen-bond donors (Lipinski definition) is 1. The number of benzene rings is 1. The number of carbonyl (C=O) groups is 1. The minimum Gasteiger partial charge on any atom is -0.494 e. The number of amides is 1. The van der Waals surface area contributed by atoms with Crippen molar-refractivity contribution < 1.29 is 9.53 Å². The van der Waals surface area contributed by atoms with Crippen LogP contribution >= 0.6 is 0 Å². The molecule has 102 valence electrons. The zero-order valence-electron chi connectivity index (χ0n) is 11.5. The van der Waals surface area contributed by atoms with E-state index in [2.05, 4.69) is 5.32 Å². The van der Waals surface area contributed by atoms with Crippen LogP contribution in [0.25, 0.3) is 0 Å².